The summed E-state index contributed by atoms with van der Waals surface area (Å²) in [6, 6.07) is 4.73. The molecule has 1 fully saturated rings. The minimum absolute atomic E-state index is 0.0651. The van der Waals surface area contributed by atoms with Crippen LogP contribution in [0.1, 0.15) is 28.3 Å². The number of amides is 1. The van der Waals surface area contributed by atoms with Gasteiger partial charge in [0, 0.05) is 26.7 Å². The topological polar surface area (TPSA) is 50.8 Å². The summed E-state index contributed by atoms with van der Waals surface area (Å²) in [6.07, 6.45) is 0.901. The maximum absolute atomic E-state index is 12.0. The zero-order chi connectivity index (χ0) is 15.5. The van der Waals surface area contributed by atoms with Gasteiger partial charge in [-0.1, -0.05) is 17.7 Å². The third-order valence-corrected chi connectivity index (χ3v) is 4.43. The van der Waals surface area contributed by atoms with Crippen molar-refractivity contribution in [1.82, 2.24) is 10.2 Å². The zero-order valence-corrected chi connectivity index (χ0v) is 13.4. The van der Waals surface area contributed by atoms with Crippen molar-refractivity contribution in [2.75, 3.05) is 40.0 Å². The van der Waals surface area contributed by atoms with Crippen LogP contribution in [0.4, 0.5) is 0 Å². The molecule has 1 aromatic rings. The number of nitrogens with one attached hydrogen (secondary N) is 1. The van der Waals surface area contributed by atoms with E-state index in [1.807, 2.05) is 4.90 Å². The number of hydrogen-bond donors (Lipinski definition) is 1. The van der Waals surface area contributed by atoms with Gasteiger partial charge in [-0.25, -0.2) is 0 Å². The number of ether oxygens (including phenoxy) is 2. The van der Waals surface area contributed by atoms with Gasteiger partial charge >= 0.3 is 0 Å². The molecule has 1 amide bonds. The fourth-order valence-electron chi connectivity index (χ4n) is 3.40. The molecule has 0 unspecified atom stereocenters. The molecule has 1 aromatic carbocycles. The largest absolute Gasteiger partial charge is 0.378 e. The van der Waals surface area contributed by atoms with Gasteiger partial charge in [0.2, 0.25) is 5.91 Å². The molecule has 0 radical (unpaired) electrons. The molecule has 3 rings (SSSR count). The molecule has 0 aliphatic carbocycles. The first kappa shape index (κ1) is 15.5. The second kappa shape index (κ2) is 6.77. The molecule has 1 atom stereocenters. The van der Waals surface area contributed by atoms with Crippen molar-refractivity contribution in [1.29, 1.82) is 0 Å². The summed E-state index contributed by atoms with van der Waals surface area (Å²) in [5.74, 6) is 0.0651. The lowest BCUT2D eigenvalue weighted by atomic mass is 9.89. The van der Waals surface area contributed by atoms with Gasteiger partial charge in [-0.3, -0.25) is 4.79 Å². The number of morpholine rings is 1. The predicted molar refractivity (Wildman–Crippen MR) is 83.7 cm³/mol. The van der Waals surface area contributed by atoms with E-state index in [1.54, 1.807) is 7.11 Å². The van der Waals surface area contributed by atoms with Crippen molar-refractivity contribution in [3.05, 3.63) is 34.4 Å². The van der Waals surface area contributed by atoms with Gasteiger partial charge in [0.25, 0.3) is 0 Å². The molecule has 2 aliphatic heterocycles. The molecule has 1 N–H and O–H groups in total. The van der Waals surface area contributed by atoms with E-state index in [4.69, 9.17) is 9.47 Å². The smallest absolute Gasteiger partial charge is 0.248 e. The minimum Gasteiger partial charge on any atom is -0.378 e. The molecule has 0 spiro atoms. The highest BCUT2D eigenvalue weighted by molar-refractivity contribution is 5.77. The highest BCUT2D eigenvalue weighted by Crippen LogP contribution is 2.29. The third-order valence-electron chi connectivity index (χ3n) is 4.43. The molecule has 1 saturated heterocycles. The number of nitrogens with zero attached hydrogens (tertiary/aromatic N) is 1. The quantitative estimate of drug-likeness (QED) is 0.911. The van der Waals surface area contributed by atoms with Gasteiger partial charge in [0.1, 0.15) is 6.61 Å². The Morgan fingerprint density at radius 2 is 2.36 bits per heavy atom. The summed E-state index contributed by atoms with van der Waals surface area (Å²) in [7, 11) is 1.56. The maximum Gasteiger partial charge on any atom is 0.248 e. The van der Waals surface area contributed by atoms with Crippen LogP contribution in [0.2, 0.25) is 0 Å². The van der Waals surface area contributed by atoms with Crippen molar-refractivity contribution < 1.29 is 14.3 Å². The Kier molecular flexibility index (Phi) is 4.76. The van der Waals surface area contributed by atoms with Crippen molar-refractivity contribution in [2.45, 2.75) is 25.9 Å². The van der Waals surface area contributed by atoms with Crippen LogP contribution in [-0.2, 0) is 27.2 Å². The van der Waals surface area contributed by atoms with Gasteiger partial charge in [-0.05, 0) is 30.0 Å². The SMILES string of the molecule is COCC(=O)N1CCc2c(cc(C)cc2[C@@H]2COCCN2)C1. The minimum atomic E-state index is 0.0651. The van der Waals surface area contributed by atoms with Crippen LogP contribution in [0.25, 0.3) is 0 Å². The van der Waals surface area contributed by atoms with Gasteiger partial charge in [-0.15, -0.1) is 0 Å². The molecule has 5 heteroatoms. The summed E-state index contributed by atoms with van der Waals surface area (Å²) < 4.78 is 10.6. The second-order valence-electron chi connectivity index (χ2n) is 6.07. The van der Waals surface area contributed by atoms with Crippen LogP contribution < -0.4 is 5.32 Å². The lowest BCUT2D eigenvalue weighted by molar-refractivity contribution is -0.136. The first-order valence-corrected chi connectivity index (χ1v) is 7.89. The average molecular weight is 304 g/mol. The Bertz CT molecular complexity index is 553. The van der Waals surface area contributed by atoms with Crippen LogP contribution in [0.3, 0.4) is 0 Å². The number of carbonyl (C=O) groups is 1. The van der Waals surface area contributed by atoms with Crippen molar-refractivity contribution in [2.24, 2.45) is 0 Å². The molecular formula is C17H24N2O3. The third kappa shape index (κ3) is 3.16. The van der Waals surface area contributed by atoms with E-state index in [1.165, 1.54) is 22.3 Å². The van der Waals surface area contributed by atoms with Crippen LogP contribution in [-0.4, -0.2) is 50.8 Å². The fraction of sp³-hybridized carbons (Fsp3) is 0.588. The van der Waals surface area contributed by atoms with Crippen LogP contribution >= 0.6 is 0 Å². The van der Waals surface area contributed by atoms with E-state index < -0.39 is 0 Å². The first-order chi connectivity index (χ1) is 10.7. The summed E-state index contributed by atoms with van der Waals surface area (Å²) >= 11 is 0. The monoisotopic (exact) mass is 304 g/mol. The Morgan fingerprint density at radius 1 is 1.50 bits per heavy atom. The molecule has 22 heavy (non-hydrogen) atoms. The Balaban J connectivity index is 1.85. The molecule has 0 saturated carbocycles. The lowest BCUT2D eigenvalue weighted by Gasteiger charge is -2.33. The maximum atomic E-state index is 12.0. The van der Waals surface area contributed by atoms with Gasteiger partial charge in [0.15, 0.2) is 0 Å². The van der Waals surface area contributed by atoms with Crippen LogP contribution in [0.5, 0.6) is 0 Å². The highest BCUT2D eigenvalue weighted by atomic mass is 16.5. The fourth-order valence-corrected chi connectivity index (χ4v) is 3.40. The summed E-state index contributed by atoms with van der Waals surface area (Å²) in [5, 5.41) is 3.54. The molecule has 2 heterocycles. The van der Waals surface area contributed by atoms with Gasteiger partial charge < -0.3 is 19.7 Å². The molecular weight excluding hydrogens is 280 g/mol. The molecule has 0 aromatic heterocycles. The summed E-state index contributed by atoms with van der Waals surface area (Å²) in [6.45, 7) is 6.12. The van der Waals surface area contributed by atoms with E-state index >= 15 is 0 Å². The summed E-state index contributed by atoms with van der Waals surface area (Å²) in [5.41, 5.74) is 5.23. The van der Waals surface area contributed by atoms with Crippen LogP contribution in [0, 0.1) is 6.92 Å². The molecule has 5 nitrogen and oxygen atoms in total. The Labute approximate surface area is 131 Å². The van der Waals surface area contributed by atoms with Gasteiger partial charge in [0.05, 0.1) is 19.3 Å². The standard InChI is InChI=1S/C17H24N2O3/c1-12-7-13-9-19(17(20)11-21-2)5-3-14(13)15(8-12)16-10-22-6-4-18-16/h7-8,16,18H,3-6,9-11H2,1-2H3/t16-/m0/s1. The average Bonchev–Trinajstić information content (AvgIpc) is 2.54. The number of aryl methyl sites for hydroxylation is 1. The van der Waals surface area contributed by atoms with Crippen molar-refractivity contribution >= 4 is 5.91 Å². The van der Waals surface area contributed by atoms with Crippen molar-refractivity contribution in [3.8, 4) is 0 Å². The van der Waals surface area contributed by atoms with E-state index in [-0.39, 0.29) is 18.6 Å². The zero-order valence-electron chi connectivity index (χ0n) is 13.4. The van der Waals surface area contributed by atoms with Gasteiger partial charge in [-0.2, -0.15) is 0 Å². The second-order valence-corrected chi connectivity index (χ2v) is 6.07. The highest BCUT2D eigenvalue weighted by Gasteiger charge is 2.26. The predicted octanol–water partition coefficient (Wildman–Crippen LogP) is 1.19. The normalized spacial score (nSPS) is 21.5. The van der Waals surface area contributed by atoms with E-state index in [2.05, 4.69) is 24.4 Å². The summed E-state index contributed by atoms with van der Waals surface area (Å²) in [4.78, 5) is 13.9. The van der Waals surface area contributed by atoms with E-state index in [0.29, 0.717) is 6.54 Å². The first-order valence-electron chi connectivity index (χ1n) is 7.89. The number of methoxy groups -OCH3 is 1. The van der Waals surface area contributed by atoms with Crippen molar-refractivity contribution in [3.63, 3.8) is 0 Å². The number of fused-ring (bicyclic) bond motifs is 1. The Morgan fingerprint density at radius 3 is 3.09 bits per heavy atom. The number of hydrogen-bond acceptors (Lipinski definition) is 4. The molecule has 120 valence electrons. The number of rotatable bonds is 3. The molecule has 0 bridgehead atoms. The Hall–Kier alpha value is -1.43. The van der Waals surface area contributed by atoms with Crippen LogP contribution in [0.15, 0.2) is 12.1 Å². The van der Waals surface area contributed by atoms with E-state index in [9.17, 15) is 4.79 Å². The molecule has 2 aliphatic rings. The number of carbonyl (C=O) groups excluding carboxylic acids is 1. The number of benzene rings is 1. The lowest BCUT2D eigenvalue weighted by Crippen LogP contribution is -2.40. The van der Waals surface area contributed by atoms with E-state index in [0.717, 1.165) is 32.7 Å².